The molecule has 0 aliphatic carbocycles. The number of ether oxygens (including phenoxy) is 3. The van der Waals surface area contributed by atoms with E-state index in [4.69, 9.17) is 14.2 Å². The molecular formula is C17H25NO5. The molecule has 0 radical (unpaired) electrons. The normalized spacial score (nSPS) is 13.3. The van der Waals surface area contributed by atoms with Crippen molar-refractivity contribution in [3.05, 3.63) is 23.8 Å². The molecule has 0 aromatic heterocycles. The van der Waals surface area contributed by atoms with Crippen molar-refractivity contribution in [3.63, 3.8) is 0 Å². The maximum Gasteiger partial charge on any atom is 0.341 e. The van der Waals surface area contributed by atoms with Crippen LogP contribution in [0.2, 0.25) is 0 Å². The molecule has 0 aliphatic rings. The highest BCUT2D eigenvalue weighted by Crippen LogP contribution is 2.26. The fourth-order valence-electron chi connectivity index (χ4n) is 1.89. The van der Waals surface area contributed by atoms with E-state index < -0.39 is 11.6 Å². The van der Waals surface area contributed by atoms with Crippen LogP contribution in [0.25, 0.3) is 0 Å². The number of hydrogen-bond acceptors (Lipinski definition) is 5. The van der Waals surface area contributed by atoms with Crippen LogP contribution in [-0.2, 0) is 14.3 Å². The molecule has 0 bridgehead atoms. The first-order valence-corrected chi connectivity index (χ1v) is 7.53. The van der Waals surface area contributed by atoms with Gasteiger partial charge in [0.1, 0.15) is 16.9 Å². The quantitative estimate of drug-likeness (QED) is 0.781. The van der Waals surface area contributed by atoms with E-state index in [-0.39, 0.29) is 17.6 Å². The van der Waals surface area contributed by atoms with Crippen molar-refractivity contribution in [3.8, 4) is 5.75 Å². The van der Waals surface area contributed by atoms with Gasteiger partial charge in [-0.3, -0.25) is 4.79 Å². The number of rotatable bonds is 7. The zero-order chi connectivity index (χ0) is 17.6. The van der Waals surface area contributed by atoms with Gasteiger partial charge >= 0.3 is 5.97 Å². The van der Waals surface area contributed by atoms with Gasteiger partial charge in [-0.05, 0) is 45.4 Å². The average molecular weight is 323 g/mol. The van der Waals surface area contributed by atoms with Crippen LogP contribution in [0.3, 0.4) is 0 Å². The topological polar surface area (TPSA) is 73.9 Å². The van der Waals surface area contributed by atoms with Crippen LogP contribution in [0.4, 0.5) is 5.69 Å². The van der Waals surface area contributed by atoms with Gasteiger partial charge in [0.25, 0.3) is 5.91 Å². The Bertz CT molecular complexity index is 564. The summed E-state index contributed by atoms with van der Waals surface area (Å²) in [5.74, 6) is -0.396. The van der Waals surface area contributed by atoms with Gasteiger partial charge < -0.3 is 19.5 Å². The molecule has 6 heteroatoms. The van der Waals surface area contributed by atoms with Crippen molar-refractivity contribution >= 4 is 17.6 Å². The molecule has 0 fully saturated rings. The first kappa shape index (κ1) is 19.0. The van der Waals surface area contributed by atoms with Gasteiger partial charge in [0, 0.05) is 12.8 Å². The molecule has 0 saturated heterocycles. The highest BCUT2D eigenvalue weighted by Gasteiger charge is 2.31. The summed E-state index contributed by atoms with van der Waals surface area (Å²) in [5, 5.41) is 2.76. The summed E-state index contributed by atoms with van der Waals surface area (Å²) in [5.41, 5.74) is -0.198. The van der Waals surface area contributed by atoms with Crippen LogP contribution in [0.15, 0.2) is 18.2 Å². The van der Waals surface area contributed by atoms with E-state index >= 15 is 0 Å². The number of carbonyl (C=O) groups is 2. The van der Waals surface area contributed by atoms with E-state index in [9.17, 15) is 9.59 Å². The van der Waals surface area contributed by atoms with Crippen molar-refractivity contribution in [1.29, 1.82) is 0 Å². The molecule has 6 nitrogen and oxygen atoms in total. The molecular weight excluding hydrogens is 298 g/mol. The number of carbonyl (C=O) groups excluding carboxylic acids is 2. The molecule has 0 saturated carbocycles. The molecule has 0 heterocycles. The van der Waals surface area contributed by atoms with E-state index in [1.54, 1.807) is 19.1 Å². The van der Waals surface area contributed by atoms with E-state index in [1.807, 2.05) is 20.8 Å². The van der Waals surface area contributed by atoms with E-state index in [0.717, 1.165) is 0 Å². The summed E-state index contributed by atoms with van der Waals surface area (Å²) >= 11 is 0. The molecule has 23 heavy (non-hydrogen) atoms. The summed E-state index contributed by atoms with van der Waals surface area (Å²) in [6, 6.07) is 4.85. The number of hydrogen-bond donors (Lipinski definition) is 1. The predicted octanol–water partition coefficient (Wildman–Crippen LogP) is 3.01. The molecule has 0 unspecified atom stereocenters. The zero-order valence-corrected chi connectivity index (χ0v) is 14.6. The van der Waals surface area contributed by atoms with Gasteiger partial charge in [0.2, 0.25) is 0 Å². The third-order valence-corrected chi connectivity index (χ3v) is 3.61. The van der Waals surface area contributed by atoms with Crippen molar-refractivity contribution in [2.75, 3.05) is 19.5 Å². The highest BCUT2D eigenvalue weighted by molar-refractivity contribution is 5.99. The van der Waals surface area contributed by atoms with Crippen molar-refractivity contribution in [2.45, 2.75) is 45.8 Å². The average Bonchev–Trinajstić information content (AvgIpc) is 2.54. The SMILES string of the molecule is CC[C@@](C)(OC)C(=O)Nc1ccc(OC(C)C)c(C(=O)OC)c1. The number of esters is 1. The highest BCUT2D eigenvalue weighted by atomic mass is 16.5. The Morgan fingerprint density at radius 2 is 1.91 bits per heavy atom. The second-order valence-electron chi connectivity index (χ2n) is 5.61. The summed E-state index contributed by atoms with van der Waals surface area (Å²) in [4.78, 5) is 24.2. The zero-order valence-electron chi connectivity index (χ0n) is 14.6. The number of anilines is 1. The van der Waals surface area contributed by atoms with Crippen molar-refractivity contribution in [2.24, 2.45) is 0 Å². The lowest BCUT2D eigenvalue weighted by molar-refractivity contribution is -0.136. The molecule has 1 aromatic rings. The summed E-state index contributed by atoms with van der Waals surface area (Å²) in [7, 11) is 2.79. The van der Waals surface area contributed by atoms with Crippen LogP contribution in [0.5, 0.6) is 5.75 Å². The summed E-state index contributed by atoms with van der Waals surface area (Å²) in [6.45, 7) is 7.30. The lowest BCUT2D eigenvalue weighted by Crippen LogP contribution is -2.41. The molecule has 0 spiro atoms. The number of benzene rings is 1. The Balaban J connectivity index is 3.10. The van der Waals surface area contributed by atoms with Crippen LogP contribution >= 0.6 is 0 Å². The second-order valence-corrected chi connectivity index (χ2v) is 5.61. The number of methoxy groups -OCH3 is 2. The molecule has 1 rings (SSSR count). The van der Waals surface area contributed by atoms with Gasteiger partial charge in [0.05, 0.1) is 13.2 Å². The number of amides is 1. The molecule has 1 amide bonds. The lowest BCUT2D eigenvalue weighted by atomic mass is 10.0. The summed E-state index contributed by atoms with van der Waals surface area (Å²) < 4.78 is 15.6. The minimum Gasteiger partial charge on any atom is -0.490 e. The van der Waals surface area contributed by atoms with Crippen LogP contribution in [-0.4, -0.2) is 37.8 Å². The minimum atomic E-state index is -0.932. The first-order valence-electron chi connectivity index (χ1n) is 7.53. The minimum absolute atomic E-state index is 0.0873. The van der Waals surface area contributed by atoms with Crippen molar-refractivity contribution < 1.29 is 23.8 Å². The standard InChI is InChI=1S/C17H25NO5/c1-7-17(4,22-6)16(20)18-12-8-9-14(23-11(2)3)13(10-12)15(19)21-5/h8-11H,7H2,1-6H3,(H,18,20)/t17-/m1/s1. The van der Waals surface area contributed by atoms with Gasteiger partial charge in [-0.1, -0.05) is 6.92 Å². The third kappa shape index (κ3) is 4.69. The van der Waals surface area contributed by atoms with Crippen LogP contribution in [0, 0.1) is 0 Å². The van der Waals surface area contributed by atoms with E-state index in [0.29, 0.717) is 17.9 Å². The second kappa shape index (κ2) is 7.97. The van der Waals surface area contributed by atoms with Crippen molar-refractivity contribution in [1.82, 2.24) is 0 Å². The lowest BCUT2D eigenvalue weighted by Gasteiger charge is -2.25. The van der Waals surface area contributed by atoms with Crippen LogP contribution < -0.4 is 10.1 Å². The smallest absolute Gasteiger partial charge is 0.341 e. The Labute approximate surface area is 137 Å². The molecule has 0 aliphatic heterocycles. The Hall–Kier alpha value is -2.08. The fraction of sp³-hybridized carbons (Fsp3) is 0.529. The Morgan fingerprint density at radius 1 is 1.26 bits per heavy atom. The predicted molar refractivity (Wildman–Crippen MR) is 87.9 cm³/mol. The Kier molecular flexibility index (Phi) is 6.57. The summed E-state index contributed by atoms with van der Waals surface area (Å²) in [6.07, 6.45) is 0.434. The molecule has 1 atom stereocenters. The Morgan fingerprint density at radius 3 is 2.39 bits per heavy atom. The molecule has 1 aromatic carbocycles. The van der Waals surface area contributed by atoms with Gasteiger partial charge in [-0.15, -0.1) is 0 Å². The third-order valence-electron chi connectivity index (χ3n) is 3.61. The first-order chi connectivity index (χ1) is 10.8. The maximum absolute atomic E-state index is 12.3. The van der Waals surface area contributed by atoms with E-state index in [2.05, 4.69) is 5.32 Å². The molecule has 1 N–H and O–H groups in total. The van der Waals surface area contributed by atoms with E-state index in [1.165, 1.54) is 20.3 Å². The van der Waals surface area contributed by atoms with Gasteiger partial charge in [0.15, 0.2) is 0 Å². The molecule has 128 valence electrons. The van der Waals surface area contributed by atoms with Gasteiger partial charge in [-0.2, -0.15) is 0 Å². The van der Waals surface area contributed by atoms with Gasteiger partial charge in [-0.25, -0.2) is 4.79 Å². The van der Waals surface area contributed by atoms with Crippen LogP contribution in [0.1, 0.15) is 44.5 Å². The fourth-order valence-corrected chi connectivity index (χ4v) is 1.89. The largest absolute Gasteiger partial charge is 0.490 e. The maximum atomic E-state index is 12.3. The monoisotopic (exact) mass is 323 g/mol. The number of nitrogens with one attached hydrogen (secondary N) is 1.